The molecule has 0 aromatic heterocycles. The summed E-state index contributed by atoms with van der Waals surface area (Å²) in [4.78, 5) is 25.5. The lowest BCUT2D eigenvalue weighted by Gasteiger charge is -2.11. The number of nitrogens with one attached hydrogen (secondary N) is 1. The van der Waals surface area contributed by atoms with Crippen molar-refractivity contribution >= 4 is 40.9 Å². The van der Waals surface area contributed by atoms with Crippen molar-refractivity contribution in [1.82, 2.24) is 0 Å². The SMILES string of the molecule is COC(=O)c1cccc(NC(=O)c2ccc(CSc3ccc(Cl)cc3)cc2)c1C. The van der Waals surface area contributed by atoms with Gasteiger partial charge in [-0.3, -0.25) is 4.79 Å². The standard InChI is InChI=1S/C23H20ClNO3S/c1-15-20(23(27)28-2)4-3-5-21(15)25-22(26)17-8-6-16(7-9-17)14-29-19-12-10-18(24)11-13-19/h3-13H,14H2,1-2H3,(H,25,26). The number of amides is 1. The van der Waals surface area contributed by atoms with Gasteiger partial charge in [0.1, 0.15) is 0 Å². The van der Waals surface area contributed by atoms with E-state index < -0.39 is 5.97 Å². The average molecular weight is 426 g/mol. The zero-order chi connectivity index (χ0) is 20.8. The molecule has 0 spiro atoms. The Morgan fingerprint density at radius 1 is 1.00 bits per heavy atom. The third-order valence-electron chi connectivity index (χ3n) is 4.42. The van der Waals surface area contributed by atoms with E-state index >= 15 is 0 Å². The monoisotopic (exact) mass is 425 g/mol. The first-order valence-electron chi connectivity index (χ1n) is 8.94. The Hall–Kier alpha value is -2.76. The zero-order valence-corrected chi connectivity index (χ0v) is 17.6. The Kier molecular flexibility index (Phi) is 6.96. The van der Waals surface area contributed by atoms with E-state index in [1.807, 2.05) is 36.4 Å². The number of anilines is 1. The molecule has 0 aliphatic heterocycles. The first-order chi connectivity index (χ1) is 14.0. The summed E-state index contributed by atoms with van der Waals surface area (Å²) >= 11 is 7.61. The highest BCUT2D eigenvalue weighted by Gasteiger charge is 2.14. The molecule has 0 aliphatic carbocycles. The molecule has 6 heteroatoms. The second-order valence-corrected chi connectivity index (χ2v) is 7.85. The molecule has 3 rings (SSSR count). The minimum atomic E-state index is -0.430. The van der Waals surface area contributed by atoms with Crippen LogP contribution in [0.1, 0.15) is 31.8 Å². The third kappa shape index (κ3) is 5.40. The summed E-state index contributed by atoms with van der Waals surface area (Å²) in [7, 11) is 1.33. The Morgan fingerprint density at radius 3 is 2.34 bits per heavy atom. The second-order valence-electron chi connectivity index (χ2n) is 6.36. The average Bonchev–Trinajstić information content (AvgIpc) is 2.74. The number of hydrogen-bond acceptors (Lipinski definition) is 4. The molecule has 0 heterocycles. The number of thioether (sulfide) groups is 1. The number of carbonyl (C=O) groups excluding carboxylic acids is 2. The lowest BCUT2D eigenvalue weighted by Crippen LogP contribution is -2.14. The maximum atomic E-state index is 12.6. The van der Waals surface area contributed by atoms with Crippen LogP contribution in [-0.2, 0) is 10.5 Å². The van der Waals surface area contributed by atoms with Crippen LogP contribution in [0.3, 0.4) is 0 Å². The van der Waals surface area contributed by atoms with Crippen LogP contribution in [-0.4, -0.2) is 19.0 Å². The number of rotatable bonds is 6. The van der Waals surface area contributed by atoms with Gasteiger partial charge in [-0.1, -0.05) is 29.8 Å². The first-order valence-corrected chi connectivity index (χ1v) is 10.3. The van der Waals surface area contributed by atoms with E-state index in [-0.39, 0.29) is 5.91 Å². The first kappa shape index (κ1) is 21.0. The van der Waals surface area contributed by atoms with E-state index in [0.717, 1.165) is 21.2 Å². The number of methoxy groups -OCH3 is 1. The predicted octanol–water partition coefficient (Wildman–Crippen LogP) is 5.98. The minimum absolute atomic E-state index is 0.230. The number of ether oxygens (including phenoxy) is 1. The summed E-state index contributed by atoms with van der Waals surface area (Å²) in [5.41, 5.74) is 3.35. The van der Waals surface area contributed by atoms with Gasteiger partial charge in [-0.05, 0) is 66.6 Å². The molecule has 1 amide bonds. The van der Waals surface area contributed by atoms with E-state index in [4.69, 9.17) is 16.3 Å². The van der Waals surface area contributed by atoms with Gasteiger partial charge in [-0.2, -0.15) is 0 Å². The molecule has 1 N–H and O–H groups in total. The maximum absolute atomic E-state index is 12.6. The van der Waals surface area contributed by atoms with Crippen LogP contribution in [0.25, 0.3) is 0 Å². The summed E-state index contributed by atoms with van der Waals surface area (Å²) in [6, 6.07) is 20.3. The number of halogens is 1. The minimum Gasteiger partial charge on any atom is -0.465 e. The van der Waals surface area contributed by atoms with Crippen molar-refractivity contribution in [3.05, 3.63) is 94.0 Å². The summed E-state index contributed by atoms with van der Waals surface area (Å²) < 4.78 is 4.78. The van der Waals surface area contributed by atoms with Gasteiger partial charge in [0.25, 0.3) is 5.91 Å². The highest BCUT2D eigenvalue weighted by Crippen LogP contribution is 2.25. The van der Waals surface area contributed by atoms with Gasteiger partial charge in [-0.25, -0.2) is 4.79 Å². The number of esters is 1. The number of hydrogen-bond donors (Lipinski definition) is 1. The molecule has 0 atom stereocenters. The number of benzene rings is 3. The molecule has 3 aromatic carbocycles. The van der Waals surface area contributed by atoms with E-state index in [2.05, 4.69) is 5.32 Å². The summed E-state index contributed by atoms with van der Waals surface area (Å²) in [6.07, 6.45) is 0. The molecule has 0 fully saturated rings. The Labute approximate surface area is 179 Å². The van der Waals surface area contributed by atoms with E-state index in [9.17, 15) is 9.59 Å². The van der Waals surface area contributed by atoms with E-state index in [0.29, 0.717) is 22.4 Å². The Balaban J connectivity index is 1.65. The molecular weight excluding hydrogens is 406 g/mol. The highest BCUT2D eigenvalue weighted by atomic mass is 35.5. The second kappa shape index (κ2) is 9.63. The molecule has 148 valence electrons. The summed E-state index contributed by atoms with van der Waals surface area (Å²) in [5.74, 6) is 0.136. The fraction of sp³-hybridized carbons (Fsp3) is 0.130. The number of carbonyl (C=O) groups is 2. The molecule has 0 unspecified atom stereocenters. The van der Waals surface area contributed by atoms with Crippen LogP contribution in [0.5, 0.6) is 0 Å². The zero-order valence-electron chi connectivity index (χ0n) is 16.1. The molecule has 0 radical (unpaired) electrons. The maximum Gasteiger partial charge on any atom is 0.338 e. The highest BCUT2D eigenvalue weighted by molar-refractivity contribution is 7.98. The van der Waals surface area contributed by atoms with Gasteiger partial charge >= 0.3 is 5.97 Å². The van der Waals surface area contributed by atoms with Gasteiger partial charge in [0.05, 0.1) is 12.7 Å². The van der Waals surface area contributed by atoms with Crippen molar-refractivity contribution in [3.63, 3.8) is 0 Å². The summed E-state index contributed by atoms with van der Waals surface area (Å²) in [5, 5.41) is 3.58. The van der Waals surface area contributed by atoms with Crippen molar-refractivity contribution in [2.45, 2.75) is 17.6 Å². The van der Waals surface area contributed by atoms with Crippen LogP contribution < -0.4 is 5.32 Å². The van der Waals surface area contributed by atoms with Gasteiger partial charge in [-0.15, -0.1) is 11.8 Å². The molecule has 0 saturated heterocycles. The van der Waals surface area contributed by atoms with Crippen LogP contribution >= 0.6 is 23.4 Å². The van der Waals surface area contributed by atoms with E-state index in [1.165, 1.54) is 7.11 Å². The van der Waals surface area contributed by atoms with Crippen LogP contribution in [0.4, 0.5) is 5.69 Å². The van der Waals surface area contributed by atoms with Crippen molar-refractivity contribution < 1.29 is 14.3 Å². The van der Waals surface area contributed by atoms with E-state index in [1.54, 1.807) is 49.0 Å². The molecule has 0 bridgehead atoms. The fourth-order valence-electron chi connectivity index (χ4n) is 2.75. The van der Waals surface area contributed by atoms with Crippen LogP contribution in [0.15, 0.2) is 71.6 Å². The molecular formula is C23H20ClNO3S. The van der Waals surface area contributed by atoms with Gasteiger partial charge in [0, 0.05) is 26.9 Å². The Morgan fingerprint density at radius 2 is 1.69 bits per heavy atom. The largest absolute Gasteiger partial charge is 0.465 e. The molecule has 4 nitrogen and oxygen atoms in total. The van der Waals surface area contributed by atoms with Crippen LogP contribution in [0, 0.1) is 6.92 Å². The smallest absolute Gasteiger partial charge is 0.338 e. The van der Waals surface area contributed by atoms with Crippen molar-refractivity contribution in [1.29, 1.82) is 0 Å². The van der Waals surface area contributed by atoms with Crippen molar-refractivity contribution in [3.8, 4) is 0 Å². The quantitative estimate of drug-likeness (QED) is 0.390. The Bertz CT molecular complexity index is 1020. The molecule has 29 heavy (non-hydrogen) atoms. The predicted molar refractivity (Wildman–Crippen MR) is 118 cm³/mol. The lowest BCUT2D eigenvalue weighted by atomic mass is 10.1. The lowest BCUT2D eigenvalue weighted by molar-refractivity contribution is 0.0599. The third-order valence-corrected chi connectivity index (χ3v) is 5.76. The molecule has 0 aliphatic rings. The van der Waals surface area contributed by atoms with Gasteiger partial charge in [0.2, 0.25) is 0 Å². The molecule has 0 saturated carbocycles. The topological polar surface area (TPSA) is 55.4 Å². The molecule has 3 aromatic rings. The fourth-order valence-corrected chi connectivity index (χ4v) is 3.73. The van der Waals surface area contributed by atoms with Crippen molar-refractivity contribution in [2.75, 3.05) is 12.4 Å². The summed E-state index contributed by atoms with van der Waals surface area (Å²) in [6.45, 7) is 1.78. The van der Waals surface area contributed by atoms with Gasteiger partial charge < -0.3 is 10.1 Å². The van der Waals surface area contributed by atoms with Gasteiger partial charge in [0.15, 0.2) is 0 Å². The van der Waals surface area contributed by atoms with Crippen molar-refractivity contribution in [2.24, 2.45) is 0 Å². The van der Waals surface area contributed by atoms with Crippen LogP contribution in [0.2, 0.25) is 5.02 Å². The normalized spacial score (nSPS) is 10.4.